The highest BCUT2D eigenvalue weighted by molar-refractivity contribution is 7.10. The van der Waals surface area contributed by atoms with Crippen LogP contribution in [0.5, 0.6) is 5.75 Å². The zero-order chi connectivity index (χ0) is 18.4. The summed E-state index contributed by atoms with van der Waals surface area (Å²) in [7, 11) is 0. The van der Waals surface area contributed by atoms with Crippen LogP contribution < -0.4 is 10.3 Å². The highest BCUT2D eigenvalue weighted by Gasteiger charge is 2.34. The number of fused-ring (bicyclic) bond motifs is 3. The molecule has 0 N–H and O–H groups in total. The average Bonchev–Trinajstić information content (AvgIpc) is 3.23. The summed E-state index contributed by atoms with van der Waals surface area (Å²) in [4.78, 5) is 26.9. The van der Waals surface area contributed by atoms with Crippen LogP contribution in [-0.2, 0) is 4.79 Å². The van der Waals surface area contributed by atoms with Crippen LogP contribution in [0.4, 0.5) is 0 Å². The standard InChI is InChI=1S/C22H15NO3S/c24-19-13-16(18-11-6-12-27-18)20-21(26-19)15-9-4-5-10-17(15)23(22(20)25)14-7-2-1-3-8-14/h1-12,16H,13H2. The van der Waals surface area contributed by atoms with Gasteiger partial charge in [0, 0.05) is 21.9 Å². The lowest BCUT2D eigenvalue weighted by Gasteiger charge is -2.26. The Labute approximate surface area is 159 Å². The van der Waals surface area contributed by atoms with Crippen molar-refractivity contribution in [3.05, 3.63) is 92.9 Å². The second kappa shape index (κ2) is 6.21. The molecule has 1 unspecified atom stereocenters. The molecule has 0 saturated carbocycles. The number of hydrogen-bond acceptors (Lipinski definition) is 4. The van der Waals surface area contributed by atoms with Crippen molar-refractivity contribution in [3.8, 4) is 11.4 Å². The molecule has 3 heterocycles. The molecule has 0 saturated heterocycles. The van der Waals surface area contributed by atoms with Crippen LogP contribution in [0.3, 0.4) is 0 Å². The summed E-state index contributed by atoms with van der Waals surface area (Å²) in [6.07, 6.45) is 0.176. The summed E-state index contributed by atoms with van der Waals surface area (Å²) in [5, 5.41) is 2.73. The van der Waals surface area contributed by atoms with Crippen LogP contribution in [0.25, 0.3) is 16.6 Å². The molecule has 27 heavy (non-hydrogen) atoms. The minimum Gasteiger partial charge on any atom is -0.425 e. The Kier molecular flexibility index (Phi) is 3.69. The number of hydrogen-bond donors (Lipinski definition) is 0. The fraction of sp³-hybridized carbons (Fsp3) is 0.0909. The SMILES string of the molecule is O=C1CC(c2cccs2)c2c(c3ccccc3n(-c3ccccc3)c2=O)O1. The molecule has 4 aromatic rings. The molecule has 2 aromatic carbocycles. The molecule has 0 amide bonds. The maximum atomic E-state index is 13.6. The van der Waals surface area contributed by atoms with Crippen LogP contribution in [-0.4, -0.2) is 10.5 Å². The van der Waals surface area contributed by atoms with Crippen molar-refractivity contribution in [3.63, 3.8) is 0 Å². The van der Waals surface area contributed by atoms with E-state index in [4.69, 9.17) is 4.74 Å². The lowest BCUT2D eigenvalue weighted by molar-refractivity contribution is -0.135. The quantitative estimate of drug-likeness (QED) is 0.486. The van der Waals surface area contributed by atoms with E-state index in [1.54, 1.807) is 15.9 Å². The molecule has 1 atom stereocenters. The number of nitrogens with zero attached hydrogens (tertiary/aromatic N) is 1. The van der Waals surface area contributed by atoms with Crippen molar-refractivity contribution in [2.75, 3.05) is 0 Å². The van der Waals surface area contributed by atoms with Gasteiger partial charge >= 0.3 is 5.97 Å². The van der Waals surface area contributed by atoms with Gasteiger partial charge in [-0.15, -0.1) is 11.3 Å². The third kappa shape index (κ3) is 2.51. The number of pyridine rings is 1. The van der Waals surface area contributed by atoms with Gasteiger partial charge in [-0.1, -0.05) is 36.4 Å². The van der Waals surface area contributed by atoms with E-state index in [1.165, 1.54) is 0 Å². The molecule has 0 spiro atoms. The van der Waals surface area contributed by atoms with Gasteiger partial charge in [0.1, 0.15) is 5.75 Å². The normalized spacial score (nSPS) is 16.1. The number of aromatic nitrogens is 1. The smallest absolute Gasteiger partial charge is 0.312 e. The Bertz CT molecular complexity index is 1210. The van der Waals surface area contributed by atoms with E-state index in [2.05, 4.69) is 0 Å². The molecule has 132 valence electrons. The van der Waals surface area contributed by atoms with Gasteiger partial charge in [0.2, 0.25) is 0 Å². The lowest BCUT2D eigenvalue weighted by atomic mass is 9.90. The van der Waals surface area contributed by atoms with E-state index in [-0.39, 0.29) is 23.9 Å². The van der Waals surface area contributed by atoms with E-state index >= 15 is 0 Å². The summed E-state index contributed by atoms with van der Waals surface area (Å²) in [5.41, 5.74) is 1.94. The molecular weight excluding hydrogens is 358 g/mol. The molecule has 0 bridgehead atoms. The van der Waals surface area contributed by atoms with Crippen LogP contribution in [0, 0.1) is 0 Å². The van der Waals surface area contributed by atoms with Gasteiger partial charge in [0.25, 0.3) is 5.56 Å². The zero-order valence-electron chi connectivity index (χ0n) is 14.3. The second-order valence-corrected chi connectivity index (χ2v) is 7.46. The van der Waals surface area contributed by atoms with Crippen molar-refractivity contribution < 1.29 is 9.53 Å². The Morgan fingerprint density at radius 2 is 1.70 bits per heavy atom. The monoisotopic (exact) mass is 373 g/mol. The Morgan fingerprint density at radius 1 is 0.926 bits per heavy atom. The number of rotatable bonds is 2. The third-order valence-electron chi connectivity index (χ3n) is 4.90. The van der Waals surface area contributed by atoms with Crippen molar-refractivity contribution in [1.82, 2.24) is 4.57 Å². The second-order valence-electron chi connectivity index (χ2n) is 6.48. The van der Waals surface area contributed by atoms with Crippen LogP contribution >= 0.6 is 11.3 Å². The summed E-state index contributed by atoms with van der Waals surface area (Å²) in [6.45, 7) is 0. The fourth-order valence-corrected chi connectivity index (χ4v) is 4.58. The molecule has 5 heteroatoms. The first kappa shape index (κ1) is 16.0. The largest absolute Gasteiger partial charge is 0.425 e. The number of carbonyl (C=O) groups is 1. The zero-order valence-corrected chi connectivity index (χ0v) is 15.1. The van der Waals surface area contributed by atoms with Gasteiger partial charge in [-0.05, 0) is 35.7 Å². The highest BCUT2D eigenvalue weighted by atomic mass is 32.1. The van der Waals surface area contributed by atoms with Crippen LogP contribution in [0.1, 0.15) is 22.8 Å². The number of ether oxygens (including phenoxy) is 1. The molecular formula is C22H15NO3S. The van der Waals surface area contributed by atoms with Crippen LogP contribution in [0.2, 0.25) is 0 Å². The van der Waals surface area contributed by atoms with Gasteiger partial charge in [-0.25, -0.2) is 0 Å². The number of thiophene rings is 1. The number of para-hydroxylation sites is 2. The van der Waals surface area contributed by atoms with Crippen LogP contribution in [0.15, 0.2) is 76.9 Å². The Hall–Kier alpha value is -3.18. The molecule has 2 aromatic heterocycles. The Morgan fingerprint density at radius 3 is 2.48 bits per heavy atom. The predicted octanol–water partition coefficient (Wildman–Crippen LogP) is 4.49. The highest BCUT2D eigenvalue weighted by Crippen LogP contribution is 2.42. The van der Waals surface area contributed by atoms with E-state index in [9.17, 15) is 9.59 Å². The van der Waals surface area contributed by atoms with Crippen molar-refractivity contribution in [2.24, 2.45) is 0 Å². The fourth-order valence-electron chi connectivity index (χ4n) is 3.74. The van der Waals surface area contributed by atoms with Crippen molar-refractivity contribution in [2.45, 2.75) is 12.3 Å². The average molecular weight is 373 g/mol. The molecule has 1 aliphatic heterocycles. The van der Waals surface area contributed by atoms with Gasteiger partial charge in [0.15, 0.2) is 0 Å². The van der Waals surface area contributed by atoms with E-state index in [0.29, 0.717) is 11.3 Å². The molecule has 4 nitrogen and oxygen atoms in total. The first-order valence-corrected chi connectivity index (χ1v) is 9.59. The van der Waals surface area contributed by atoms with E-state index in [1.807, 2.05) is 72.1 Å². The number of benzene rings is 2. The summed E-state index contributed by atoms with van der Waals surface area (Å²) in [6, 6.07) is 21.0. The topological polar surface area (TPSA) is 48.3 Å². The lowest BCUT2D eigenvalue weighted by Crippen LogP contribution is -2.31. The molecule has 1 aliphatic rings. The molecule has 5 rings (SSSR count). The summed E-state index contributed by atoms with van der Waals surface area (Å²) < 4.78 is 7.31. The van der Waals surface area contributed by atoms with Gasteiger partial charge in [0.05, 0.1) is 17.5 Å². The summed E-state index contributed by atoms with van der Waals surface area (Å²) >= 11 is 1.55. The third-order valence-corrected chi connectivity index (χ3v) is 5.89. The van der Waals surface area contributed by atoms with Crippen molar-refractivity contribution in [1.29, 1.82) is 0 Å². The minimum atomic E-state index is -0.303. The first-order valence-electron chi connectivity index (χ1n) is 8.71. The molecule has 0 radical (unpaired) electrons. The molecule has 0 aliphatic carbocycles. The first-order chi connectivity index (χ1) is 13.2. The van der Waals surface area contributed by atoms with Gasteiger partial charge < -0.3 is 4.74 Å². The number of carbonyl (C=O) groups excluding carboxylic acids is 1. The maximum Gasteiger partial charge on any atom is 0.312 e. The van der Waals surface area contributed by atoms with E-state index < -0.39 is 0 Å². The predicted molar refractivity (Wildman–Crippen MR) is 106 cm³/mol. The van der Waals surface area contributed by atoms with Gasteiger partial charge in [-0.3, -0.25) is 14.2 Å². The molecule has 0 fully saturated rings. The van der Waals surface area contributed by atoms with Crippen molar-refractivity contribution >= 4 is 28.2 Å². The summed E-state index contributed by atoms with van der Waals surface area (Å²) in [5.74, 6) is -0.186. The maximum absolute atomic E-state index is 13.6. The minimum absolute atomic E-state index is 0.138. The Balaban J connectivity index is 1.91. The number of esters is 1. The van der Waals surface area contributed by atoms with E-state index in [0.717, 1.165) is 21.5 Å². The van der Waals surface area contributed by atoms with Gasteiger partial charge in [-0.2, -0.15) is 0 Å².